The van der Waals surface area contributed by atoms with Gasteiger partial charge in [0.1, 0.15) is 6.54 Å². The number of fused-ring (bicyclic) bond motifs is 1. The molecule has 3 aromatic rings. The van der Waals surface area contributed by atoms with Crippen LogP contribution in [0.3, 0.4) is 0 Å². The van der Waals surface area contributed by atoms with Crippen molar-refractivity contribution in [3.63, 3.8) is 0 Å². The molecule has 3 heterocycles. The highest BCUT2D eigenvalue weighted by molar-refractivity contribution is 7.17. The van der Waals surface area contributed by atoms with Crippen molar-refractivity contribution in [1.29, 1.82) is 0 Å². The number of aryl methyl sites for hydroxylation is 1. The average Bonchev–Trinajstić information content (AvgIpc) is 3.29. The van der Waals surface area contributed by atoms with Crippen LogP contribution < -0.4 is 5.56 Å². The Morgan fingerprint density at radius 3 is 2.81 bits per heavy atom. The maximum Gasteiger partial charge on any atom is 0.276 e. The summed E-state index contributed by atoms with van der Waals surface area (Å²) in [5.74, 6) is -0.0458. The number of aromatic nitrogens is 2. The fourth-order valence-electron chi connectivity index (χ4n) is 3.32. The van der Waals surface area contributed by atoms with Gasteiger partial charge in [0, 0.05) is 29.1 Å². The van der Waals surface area contributed by atoms with E-state index in [9.17, 15) is 9.59 Å². The minimum absolute atomic E-state index is 0.0102. The first kappa shape index (κ1) is 17.2. The number of benzene rings is 1. The van der Waals surface area contributed by atoms with Crippen LogP contribution in [0.2, 0.25) is 5.02 Å². The van der Waals surface area contributed by atoms with Crippen LogP contribution in [0.15, 0.2) is 34.6 Å². The lowest BCUT2D eigenvalue weighted by Crippen LogP contribution is -2.35. The number of likely N-dealkylation sites (tertiary alicyclic amines) is 1. The molecule has 1 fully saturated rings. The molecule has 2 aromatic heterocycles. The van der Waals surface area contributed by atoms with Gasteiger partial charge in [-0.3, -0.25) is 9.59 Å². The van der Waals surface area contributed by atoms with Crippen molar-refractivity contribution in [2.24, 2.45) is 0 Å². The summed E-state index contributed by atoms with van der Waals surface area (Å²) in [5, 5.41) is 7.47. The maximum atomic E-state index is 13.0. The molecule has 5 nitrogen and oxygen atoms in total. The standard InChI is InChI=1S/C19H18ClN3O2S/c1-12-8-13(4-5-15(12)20)14-11-26-16-9-21-23(19(25)18(14)16)10-17(24)22-6-2-3-7-22/h4-5,8-9,11H,2-3,6-7,10H2,1H3. The van der Waals surface area contributed by atoms with Crippen molar-refractivity contribution >= 4 is 38.9 Å². The summed E-state index contributed by atoms with van der Waals surface area (Å²) < 4.78 is 2.10. The van der Waals surface area contributed by atoms with Gasteiger partial charge in [0.05, 0.1) is 16.3 Å². The number of carbonyl (C=O) groups excluding carboxylic acids is 1. The Kier molecular flexibility index (Phi) is 4.54. The minimum Gasteiger partial charge on any atom is -0.341 e. The zero-order valence-corrected chi connectivity index (χ0v) is 15.9. The van der Waals surface area contributed by atoms with Crippen LogP contribution >= 0.6 is 22.9 Å². The van der Waals surface area contributed by atoms with Crippen LogP contribution in [0.1, 0.15) is 18.4 Å². The summed E-state index contributed by atoms with van der Waals surface area (Å²) in [6, 6.07) is 5.73. The number of rotatable bonds is 3. The van der Waals surface area contributed by atoms with Crippen LogP contribution in [0.25, 0.3) is 21.2 Å². The Hall–Kier alpha value is -2.18. The summed E-state index contributed by atoms with van der Waals surface area (Å²) in [5.41, 5.74) is 2.54. The molecule has 1 aromatic carbocycles. The molecule has 7 heteroatoms. The van der Waals surface area contributed by atoms with E-state index in [0.29, 0.717) is 10.4 Å². The lowest BCUT2D eigenvalue weighted by molar-refractivity contribution is -0.131. The van der Waals surface area contributed by atoms with Gasteiger partial charge >= 0.3 is 0 Å². The number of halogens is 1. The van der Waals surface area contributed by atoms with E-state index in [1.54, 1.807) is 11.1 Å². The lowest BCUT2D eigenvalue weighted by atomic mass is 10.0. The molecule has 26 heavy (non-hydrogen) atoms. The fraction of sp³-hybridized carbons (Fsp3) is 0.316. The third-order valence-electron chi connectivity index (χ3n) is 4.79. The molecule has 1 saturated heterocycles. The van der Waals surface area contributed by atoms with Crippen molar-refractivity contribution < 1.29 is 4.79 Å². The number of carbonyl (C=O) groups is 1. The molecule has 0 atom stereocenters. The molecule has 4 rings (SSSR count). The van der Waals surface area contributed by atoms with Crippen molar-refractivity contribution in [2.45, 2.75) is 26.3 Å². The summed E-state index contributed by atoms with van der Waals surface area (Å²) >= 11 is 7.60. The van der Waals surface area contributed by atoms with E-state index in [0.717, 1.165) is 47.3 Å². The number of nitrogens with zero attached hydrogens (tertiary/aromatic N) is 3. The quantitative estimate of drug-likeness (QED) is 0.688. The van der Waals surface area contributed by atoms with E-state index in [1.165, 1.54) is 16.0 Å². The van der Waals surface area contributed by atoms with E-state index in [2.05, 4.69) is 5.10 Å². The van der Waals surface area contributed by atoms with Crippen molar-refractivity contribution in [1.82, 2.24) is 14.7 Å². The van der Waals surface area contributed by atoms with Crippen LogP contribution in [-0.2, 0) is 11.3 Å². The molecule has 0 aliphatic carbocycles. The maximum absolute atomic E-state index is 13.0. The molecule has 134 valence electrons. The summed E-state index contributed by atoms with van der Waals surface area (Å²) in [7, 11) is 0. The highest BCUT2D eigenvalue weighted by Crippen LogP contribution is 2.33. The Morgan fingerprint density at radius 2 is 2.08 bits per heavy atom. The Bertz CT molecular complexity index is 1050. The van der Waals surface area contributed by atoms with Gasteiger partial charge in [0.15, 0.2) is 0 Å². The Labute approximate surface area is 159 Å². The van der Waals surface area contributed by atoms with Crippen LogP contribution in [-0.4, -0.2) is 33.7 Å². The molecule has 0 saturated carbocycles. The first-order chi connectivity index (χ1) is 12.5. The van der Waals surface area contributed by atoms with Crippen LogP contribution in [0.5, 0.6) is 0 Å². The summed E-state index contributed by atoms with van der Waals surface area (Å²) in [6.07, 6.45) is 3.72. The van der Waals surface area contributed by atoms with Gasteiger partial charge in [0.2, 0.25) is 5.91 Å². The SMILES string of the molecule is Cc1cc(-c2csc3cnn(CC(=O)N4CCCC4)c(=O)c23)ccc1Cl. The molecule has 1 aliphatic rings. The molecule has 1 aliphatic heterocycles. The van der Waals surface area contributed by atoms with Gasteiger partial charge in [-0.15, -0.1) is 11.3 Å². The fourth-order valence-corrected chi connectivity index (χ4v) is 4.36. The zero-order valence-electron chi connectivity index (χ0n) is 14.4. The second-order valence-electron chi connectivity index (χ2n) is 6.55. The lowest BCUT2D eigenvalue weighted by Gasteiger charge is -2.15. The average molecular weight is 388 g/mol. The highest BCUT2D eigenvalue weighted by atomic mass is 35.5. The Morgan fingerprint density at radius 1 is 1.31 bits per heavy atom. The third kappa shape index (κ3) is 3.04. The van der Waals surface area contributed by atoms with Gasteiger partial charge in [-0.1, -0.05) is 17.7 Å². The van der Waals surface area contributed by atoms with Gasteiger partial charge < -0.3 is 4.90 Å². The number of thiophene rings is 1. The van der Waals surface area contributed by atoms with Crippen LogP contribution in [0.4, 0.5) is 0 Å². The topological polar surface area (TPSA) is 55.2 Å². The summed E-state index contributed by atoms with van der Waals surface area (Å²) in [4.78, 5) is 27.2. The molecule has 0 bridgehead atoms. The van der Waals surface area contributed by atoms with Crippen LogP contribution in [0, 0.1) is 6.92 Å². The summed E-state index contributed by atoms with van der Waals surface area (Å²) in [6.45, 7) is 3.46. The molecule has 0 radical (unpaired) electrons. The smallest absolute Gasteiger partial charge is 0.276 e. The number of hydrogen-bond acceptors (Lipinski definition) is 4. The largest absolute Gasteiger partial charge is 0.341 e. The third-order valence-corrected chi connectivity index (χ3v) is 6.14. The minimum atomic E-state index is -0.223. The molecule has 0 spiro atoms. The molecule has 0 unspecified atom stereocenters. The number of hydrogen-bond donors (Lipinski definition) is 0. The van der Waals surface area contributed by atoms with Crippen molar-refractivity contribution in [3.05, 3.63) is 50.7 Å². The van der Waals surface area contributed by atoms with Crippen molar-refractivity contribution in [2.75, 3.05) is 13.1 Å². The molecular formula is C19H18ClN3O2S. The normalized spacial score (nSPS) is 14.3. The molecular weight excluding hydrogens is 370 g/mol. The van der Waals surface area contributed by atoms with Crippen molar-refractivity contribution in [3.8, 4) is 11.1 Å². The second kappa shape index (κ2) is 6.85. The Balaban J connectivity index is 1.75. The van der Waals surface area contributed by atoms with E-state index >= 15 is 0 Å². The molecule has 1 amide bonds. The van der Waals surface area contributed by atoms with E-state index in [4.69, 9.17) is 11.6 Å². The van der Waals surface area contributed by atoms with Gasteiger partial charge in [-0.05, 0) is 43.0 Å². The van der Waals surface area contributed by atoms with Gasteiger partial charge in [0.25, 0.3) is 5.56 Å². The van der Waals surface area contributed by atoms with E-state index in [1.807, 2.05) is 30.5 Å². The molecule has 0 N–H and O–H groups in total. The first-order valence-electron chi connectivity index (χ1n) is 8.56. The van der Waals surface area contributed by atoms with Gasteiger partial charge in [-0.2, -0.15) is 5.10 Å². The first-order valence-corrected chi connectivity index (χ1v) is 9.82. The second-order valence-corrected chi connectivity index (χ2v) is 7.87. The zero-order chi connectivity index (χ0) is 18.3. The predicted octanol–water partition coefficient (Wildman–Crippen LogP) is 3.71. The number of amides is 1. The highest BCUT2D eigenvalue weighted by Gasteiger charge is 2.20. The van der Waals surface area contributed by atoms with E-state index < -0.39 is 0 Å². The van der Waals surface area contributed by atoms with E-state index in [-0.39, 0.29) is 18.0 Å². The monoisotopic (exact) mass is 387 g/mol. The predicted molar refractivity (Wildman–Crippen MR) is 105 cm³/mol. The van der Waals surface area contributed by atoms with Gasteiger partial charge in [-0.25, -0.2) is 4.68 Å².